The molecule has 2 saturated heterocycles. The van der Waals surface area contributed by atoms with E-state index in [-0.39, 0.29) is 0 Å². The lowest BCUT2D eigenvalue weighted by molar-refractivity contribution is -0.131. The highest BCUT2D eigenvalue weighted by molar-refractivity contribution is 5.78. The van der Waals surface area contributed by atoms with E-state index < -0.39 is 0 Å². The first-order chi connectivity index (χ1) is 11.7. The monoisotopic (exact) mass is 326 g/mol. The fourth-order valence-electron chi connectivity index (χ4n) is 3.57. The molecule has 5 heteroatoms. The third-order valence-electron chi connectivity index (χ3n) is 5.06. The van der Waals surface area contributed by atoms with Gasteiger partial charge in [0.05, 0.1) is 18.2 Å². The Balaban J connectivity index is 1.38. The van der Waals surface area contributed by atoms with Gasteiger partial charge in [-0.05, 0) is 43.4 Å². The number of hydrogen-bond donors (Lipinski definition) is 1. The molecule has 0 bridgehead atoms. The Kier molecular flexibility index (Phi) is 5.84. The Hall–Kier alpha value is -1.90. The van der Waals surface area contributed by atoms with Gasteiger partial charge < -0.3 is 10.2 Å². The maximum absolute atomic E-state index is 12.2. The van der Waals surface area contributed by atoms with Gasteiger partial charge in [-0.2, -0.15) is 5.26 Å². The fraction of sp³-hybridized carbons (Fsp3) is 0.579. The maximum atomic E-state index is 12.2. The summed E-state index contributed by atoms with van der Waals surface area (Å²) < 4.78 is 0. The SMILES string of the molecule is N#Cc1cccc(CNC2CCN(CC(=O)N3CCCC3)CC2)c1. The van der Waals surface area contributed by atoms with E-state index in [1.165, 1.54) is 0 Å². The van der Waals surface area contributed by atoms with Crippen molar-refractivity contribution in [3.05, 3.63) is 35.4 Å². The summed E-state index contributed by atoms with van der Waals surface area (Å²) in [5, 5.41) is 12.5. The summed E-state index contributed by atoms with van der Waals surface area (Å²) in [6, 6.07) is 10.4. The lowest BCUT2D eigenvalue weighted by atomic mass is 10.0. The van der Waals surface area contributed by atoms with Crippen molar-refractivity contribution in [3.63, 3.8) is 0 Å². The number of benzene rings is 1. The molecule has 2 aliphatic heterocycles. The molecule has 1 N–H and O–H groups in total. The van der Waals surface area contributed by atoms with Gasteiger partial charge in [0.15, 0.2) is 0 Å². The quantitative estimate of drug-likeness (QED) is 0.895. The zero-order chi connectivity index (χ0) is 16.8. The fourth-order valence-corrected chi connectivity index (χ4v) is 3.57. The van der Waals surface area contributed by atoms with Crippen molar-refractivity contribution in [2.24, 2.45) is 0 Å². The molecule has 0 radical (unpaired) electrons. The van der Waals surface area contributed by atoms with Crippen molar-refractivity contribution in [3.8, 4) is 6.07 Å². The van der Waals surface area contributed by atoms with Gasteiger partial charge in [0.25, 0.3) is 0 Å². The number of carbonyl (C=O) groups excluding carboxylic acids is 1. The first-order valence-corrected chi connectivity index (χ1v) is 8.97. The number of piperidine rings is 1. The standard InChI is InChI=1S/C19H26N4O/c20-13-16-4-3-5-17(12-16)14-21-18-6-10-22(11-7-18)15-19(24)23-8-1-2-9-23/h3-5,12,18,21H,1-2,6-11,14-15H2. The molecule has 0 spiro atoms. The van der Waals surface area contributed by atoms with E-state index in [1.807, 2.05) is 23.1 Å². The third kappa shape index (κ3) is 4.56. The van der Waals surface area contributed by atoms with Crippen LogP contribution in [0.1, 0.15) is 36.8 Å². The van der Waals surface area contributed by atoms with E-state index in [0.29, 0.717) is 24.1 Å². The van der Waals surface area contributed by atoms with Crippen molar-refractivity contribution in [2.75, 3.05) is 32.7 Å². The molecule has 5 nitrogen and oxygen atoms in total. The van der Waals surface area contributed by atoms with Gasteiger partial charge in [-0.3, -0.25) is 9.69 Å². The predicted molar refractivity (Wildman–Crippen MR) is 93.3 cm³/mol. The summed E-state index contributed by atoms with van der Waals surface area (Å²) in [5.41, 5.74) is 1.87. The Morgan fingerprint density at radius 2 is 1.96 bits per heavy atom. The van der Waals surface area contributed by atoms with Gasteiger partial charge in [0.1, 0.15) is 0 Å². The van der Waals surface area contributed by atoms with E-state index in [1.54, 1.807) is 0 Å². The molecular weight excluding hydrogens is 300 g/mol. The van der Waals surface area contributed by atoms with Crippen molar-refractivity contribution in [1.29, 1.82) is 5.26 Å². The second-order valence-electron chi connectivity index (χ2n) is 6.83. The molecule has 1 aromatic carbocycles. The van der Waals surface area contributed by atoms with Crippen LogP contribution in [-0.4, -0.2) is 54.5 Å². The highest BCUT2D eigenvalue weighted by Crippen LogP contribution is 2.13. The van der Waals surface area contributed by atoms with Crippen molar-refractivity contribution in [2.45, 2.75) is 38.3 Å². The van der Waals surface area contributed by atoms with E-state index in [0.717, 1.165) is 64.0 Å². The number of rotatable bonds is 5. The smallest absolute Gasteiger partial charge is 0.236 e. The van der Waals surface area contributed by atoms with Gasteiger partial charge in [0.2, 0.25) is 5.91 Å². The van der Waals surface area contributed by atoms with Gasteiger partial charge in [0, 0.05) is 38.8 Å². The zero-order valence-corrected chi connectivity index (χ0v) is 14.2. The van der Waals surface area contributed by atoms with Crippen LogP contribution in [0.15, 0.2) is 24.3 Å². The number of carbonyl (C=O) groups is 1. The van der Waals surface area contributed by atoms with Crippen LogP contribution in [-0.2, 0) is 11.3 Å². The Labute approximate surface area is 144 Å². The Morgan fingerprint density at radius 3 is 2.67 bits per heavy atom. The largest absolute Gasteiger partial charge is 0.342 e. The van der Waals surface area contributed by atoms with Crippen LogP contribution in [0.5, 0.6) is 0 Å². The predicted octanol–water partition coefficient (Wildman–Crippen LogP) is 1.73. The summed E-state index contributed by atoms with van der Waals surface area (Å²) in [7, 11) is 0. The summed E-state index contributed by atoms with van der Waals surface area (Å²) in [4.78, 5) is 16.5. The topological polar surface area (TPSA) is 59.4 Å². The van der Waals surface area contributed by atoms with E-state index in [4.69, 9.17) is 5.26 Å². The van der Waals surface area contributed by atoms with Crippen molar-refractivity contribution in [1.82, 2.24) is 15.1 Å². The van der Waals surface area contributed by atoms with Crippen LogP contribution in [0.3, 0.4) is 0 Å². The zero-order valence-electron chi connectivity index (χ0n) is 14.2. The molecule has 2 heterocycles. The Bertz CT molecular complexity index is 596. The number of hydrogen-bond acceptors (Lipinski definition) is 4. The average Bonchev–Trinajstić information content (AvgIpc) is 3.16. The first kappa shape index (κ1) is 16.9. The third-order valence-corrected chi connectivity index (χ3v) is 5.06. The number of nitrogens with zero attached hydrogens (tertiary/aromatic N) is 3. The first-order valence-electron chi connectivity index (χ1n) is 8.97. The number of amides is 1. The second-order valence-corrected chi connectivity index (χ2v) is 6.83. The highest BCUT2D eigenvalue weighted by Gasteiger charge is 2.24. The van der Waals surface area contributed by atoms with Crippen LogP contribution in [0.4, 0.5) is 0 Å². The Morgan fingerprint density at radius 1 is 1.21 bits per heavy atom. The second kappa shape index (κ2) is 8.27. The molecule has 0 atom stereocenters. The number of nitriles is 1. The molecule has 2 aliphatic rings. The summed E-state index contributed by atoms with van der Waals surface area (Å²) in [6.07, 6.45) is 4.46. The van der Waals surface area contributed by atoms with Gasteiger partial charge in [-0.1, -0.05) is 12.1 Å². The maximum Gasteiger partial charge on any atom is 0.236 e. The van der Waals surface area contributed by atoms with Crippen LogP contribution in [0, 0.1) is 11.3 Å². The molecule has 24 heavy (non-hydrogen) atoms. The molecule has 0 aromatic heterocycles. The van der Waals surface area contributed by atoms with Gasteiger partial charge in [-0.25, -0.2) is 0 Å². The molecule has 2 fully saturated rings. The van der Waals surface area contributed by atoms with E-state index in [9.17, 15) is 4.79 Å². The molecule has 128 valence electrons. The summed E-state index contributed by atoms with van der Waals surface area (Å²) in [6.45, 7) is 5.23. The molecule has 0 unspecified atom stereocenters. The molecule has 0 saturated carbocycles. The van der Waals surface area contributed by atoms with Crippen LogP contribution < -0.4 is 5.32 Å². The van der Waals surface area contributed by atoms with Gasteiger partial charge in [-0.15, -0.1) is 0 Å². The molecular formula is C19H26N4O. The van der Waals surface area contributed by atoms with Crippen molar-refractivity contribution >= 4 is 5.91 Å². The molecule has 1 amide bonds. The minimum Gasteiger partial charge on any atom is -0.342 e. The minimum atomic E-state index is 0.298. The lowest BCUT2D eigenvalue weighted by Crippen LogP contribution is -2.46. The van der Waals surface area contributed by atoms with E-state index >= 15 is 0 Å². The lowest BCUT2D eigenvalue weighted by Gasteiger charge is -2.33. The normalized spacial score (nSPS) is 19.4. The van der Waals surface area contributed by atoms with Crippen LogP contribution in [0.25, 0.3) is 0 Å². The highest BCUT2D eigenvalue weighted by atomic mass is 16.2. The van der Waals surface area contributed by atoms with Crippen LogP contribution in [0.2, 0.25) is 0 Å². The molecule has 3 rings (SSSR count). The van der Waals surface area contributed by atoms with Gasteiger partial charge >= 0.3 is 0 Å². The number of nitrogens with one attached hydrogen (secondary N) is 1. The van der Waals surface area contributed by atoms with E-state index in [2.05, 4.69) is 22.4 Å². The molecule has 0 aliphatic carbocycles. The van der Waals surface area contributed by atoms with Crippen LogP contribution >= 0.6 is 0 Å². The molecule has 1 aromatic rings. The average molecular weight is 326 g/mol. The van der Waals surface area contributed by atoms with Crippen molar-refractivity contribution < 1.29 is 4.79 Å². The summed E-state index contributed by atoms with van der Waals surface area (Å²) in [5.74, 6) is 0.298. The number of likely N-dealkylation sites (tertiary alicyclic amines) is 2. The minimum absolute atomic E-state index is 0.298. The summed E-state index contributed by atoms with van der Waals surface area (Å²) >= 11 is 0.